The standard InChI is InChI=1S/C13H16N6O/c20-13(11-3-1-2-6-15-11)18-10-4-5-12(16-7-10)19-9-14-8-17-19/h4-5,7-9,11,15H,1-3,6H2,(H,18,20). The summed E-state index contributed by atoms with van der Waals surface area (Å²) in [7, 11) is 0. The molecule has 104 valence electrons. The van der Waals surface area contributed by atoms with E-state index in [0.29, 0.717) is 11.5 Å². The average Bonchev–Trinajstić information content (AvgIpc) is 3.03. The number of nitrogens with zero attached hydrogens (tertiary/aromatic N) is 4. The molecule has 2 aromatic rings. The maximum absolute atomic E-state index is 12.1. The van der Waals surface area contributed by atoms with E-state index in [-0.39, 0.29) is 11.9 Å². The molecule has 0 saturated carbocycles. The van der Waals surface area contributed by atoms with Gasteiger partial charge < -0.3 is 10.6 Å². The Bertz CT molecular complexity index is 559. The summed E-state index contributed by atoms with van der Waals surface area (Å²) in [4.78, 5) is 20.2. The minimum atomic E-state index is -0.0984. The van der Waals surface area contributed by atoms with Crippen LogP contribution < -0.4 is 10.6 Å². The number of piperidine rings is 1. The molecule has 1 amide bonds. The number of anilines is 1. The van der Waals surface area contributed by atoms with Crippen LogP contribution in [0.3, 0.4) is 0 Å². The molecule has 1 fully saturated rings. The Morgan fingerprint density at radius 1 is 1.40 bits per heavy atom. The van der Waals surface area contributed by atoms with Crippen molar-refractivity contribution >= 4 is 11.6 Å². The van der Waals surface area contributed by atoms with Gasteiger partial charge in [-0.15, -0.1) is 0 Å². The first-order valence-electron chi connectivity index (χ1n) is 6.68. The summed E-state index contributed by atoms with van der Waals surface area (Å²) in [6, 6.07) is 3.50. The second-order valence-electron chi connectivity index (χ2n) is 4.74. The molecular formula is C13H16N6O. The van der Waals surface area contributed by atoms with Crippen LogP contribution in [0.25, 0.3) is 5.82 Å². The first-order chi connectivity index (χ1) is 9.83. The lowest BCUT2D eigenvalue weighted by Crippen LogP contribution is -2.43. The molecule has 1 saturated heterocycles. The lowest BCUT2D eigenvalue weighted by molar-refractivity contribution is -0.118. The van der Waals surface area contributed by atoms with Crippen LogP contribution in [0.5, 0.6) is 0 Å². The Balaban J connectivity index is 1.64. The van der Waals surface area contributed by atoms with Crippen molar-refractivity contribution in [1.29, 1.82) is 0 Å². The molecule has 3 heterocycles. The van der Waals surface area contributed by atoms with E-state index in [4.69, 9.17) is 0 Å². The van der Waals surface area contributed by atoms with Crippen molar-refractivity contribution in [2.24, 2.45) is 0 Å². The van der Waals surface area contributed by atoms with Crippen LogP contribution in [-0.4, -0.2) is 38.2 Å². The number of carbonyl (C=O) groups excluding carboxylic acids is 1. The van der Waals surface area contributed by atoms with Crippen LogP contribution in [0.2, 0.25) is 0 Å². The molecule has 0 spiro atoms. The second-order valence-corrected chi connectivity index (χ2v) is 4.74. The number of carbonyl (C=O) groups is 1. The molecule has 1 unspecified atom stereocenters. The van der Waals surface area contributed by atoms with Crippen molar-refractivity contribution < 1.29 is 4.79 Å². The van der Waals surface area contributed by atoms with Gasteiger partial charge in [-0.05, 0) is 31.5 Å². The number of pyridine rings is 1. The van der Waals surface area contributed by atoms with E-state index in [9.17, 15) is 4.79 Å². The molecule has 1 aliphatic heterocycles. The van der Waals surface area contributed by atoms with E-state index in [1.54, 1.807) is 23.3 Å². The summed E-state index contributed by atoms with van der Waals surface area (Å²) in [5.74, 6) is 0.663. The van der Waals surface area contributed by atoms with Crippen molar-refractivity contribution in [3.05, 3.63) is 31.0 Å². The maximum Gasteiger partial charge on any atom is 0.241 e. The van der Waals surface area contributed by atoms with Gasteiger partial charge in [0.2, 0.25) is 5.91 Å². The molecule has 3 rings (SSSR count). The number of hydrogen-bond donors (Lipinski definition) is 2. The van der Waals surface area contributed by atoms with Gasteiger partial charge in [-0.1, -0.05) is 6.42 Å². The molecule has 0 radical (unpaired) electrons. The Kier molecular flexibility index (Phi) is 3.69. The third-order valence-electron chi connectivity index (χ3n) is 3.30. The van der Waals surface area contributed by atoms with Crippen LogP contribution in [0, 0.1) is 0 Å². The topological polar surface area (TPSA) is 84.7 Å². The normalized spacial score (nSPS) is 18.7. The first kappa shape index (κ1) is 12.7. The number of nitrogens with one attached hydrogen (secondary N) is 2. The molecule has 20 heavy (non-hydrogen) atoms. The number of rotatable bonds is 3. The van der Waals surface area contributed by atoms with E-state index >= 15 is 0 Å². The number of aromatic nitrogens is 4. The zero-order chi connectivity index (χ0) is 13.8. The monoisotopic (exact) mass is 272 g/mol. The minimum Gasteiger partial charge on any atom is -0.323 e. The fourth-order valence-corrected chi connectivity index (χ4v) is 2.23. The van der Waals surface area contributed by atoms with Gasteiger partial charge in [0.05, 0.1) is 17.9 Å². The molecule has 0 aromatic carbocycles. The Labute approximate surface area is 116 Å². The van der Waals surface area contributed by atoms with Gasteiger partial charge in [-0.2, -0.15) is 5.10 Å². The third kappa shape index (κ3) is 2.83. The van der Waals surface area contributed by atoms with Crippen LogP contribution >= 0.6 is 0 Å². The van der Waals surface area contributed by atoms with Gasteiger partial charge in [0.25, 0.3) is 0 Å². The Hall–Kier alpha value is -2.28. The van der Waals surface area contributed by atoms with Gasteiger partial charge in [0.15, 0.2) is 5.82 Å². The van der Waals surface area contributed by atoms with Crippen molar-refractivity contribution in [3.63, 3.8) is 0 Å². The summed E-state index contributed by atoms with van der Waals surface area (Å²) in [5, 5.41) is 10.1. The fraction of sp³-hybridized carbons (Fsp3) is 0.385. The van der Waals surface area contributed by atoms with Gasteiger partial charge in [0.1, 0.15) is 12.7 Å². The van der Waals surface area contributed by atoms with Crippen LogP contribution in [0.4, 0.5) is 5.69 Å². The summed E-state index contributed by atoms with van der Waals surface area (Å²) >= 11 is 0. The molecule has 7 nitrogen and oxygen atoms in total. The zero-order valence-electron chi connectivity index (χ0n) is 11.0. The smallest absolute Gasteiger partial charge is 0.241 e. The summed E-state index contributed by atoms with van der Waals surface area (Å²) < 4.78 is 1.56. The molecule has 1 atom stereocenters. The number of amides is 1. The van der Waals surface area contributed by atoms with Crippen molar-refractivity contribution in [3.8, 4) is 5.82 Å². The van der Waals surface area contributed by atoms with Gasteiger partial charge in [-0.25, -0.2) is 14.6 Å². The predicted octanol–water partition coefficient (Wildman–Crippen LogP) is 0.743. The highest BCUT2D eigenvalue weighted by molar-refractivity contribution is 5.94. The Morgan fingerprint density at radius 3 is 3.00 bits per heavy atom. The summed E-state index contributed by atoms with van der Waals surface area (Å²) in [6.07, 6.45) is 7.76. The van der Waals surface area contributed by atoms with E-state index in [0.717, 1.165) is 25.8 Å². The molecule has 2 aromatic heterocycles. The van der Waals surface area contributed by atoms with Crippen LogP contribution in [0.15, 0.2) is 31.0 Å². The lowest BCUT2D eigenvalue weighted by Gasteiger charge is -2.22. The minimum absolute atomic E-state index is 0.00000541. The largest absolute Gasteiger partial charge is 0.323 e. The quantitative estimate of drug-likeness (QED) is 0.861. The molecule has 0 aliphatic carbocycles. The molecular weight excluding hydrogens is 256 g/mol. The van der Waals surface area contributed by atoms with Crippen molar-refractivity contribution in [1.82, 2.24) is 25.1 Å². The van der Waals surface area contributed by atoms with Crippen molar-refractivity contribution in [2.45, 2.75) is 25.3 Å². The third-order valence-corrected chi connectivity index (χ3v) is 3.30. The van der Waals surface area contributed by atoms with Crippen LogP contribution in [0.1, 0.15) is 19.3 Å². The Morgan fingerprint density at radius 2 is 2.35 bits per heavy atom. The van der Waals surface area contributed by atoms with Crippen LogP contribution in [-0.2, 0) is 4.79 Å². The van der Waals surface area contributed by atoms with E-state index in [2.05, 4.69) is 25.7 Å². The molecule has 1 aliphatic rings. The van der Waals surface area contributed by atoms with E-state index < -0.39 is 0 Å². The fourth-order valence-electron chi connectivity index (χ4n) is 2.23. The van der Waals surface area contributed by atoms with Gasteiger partial charge in [-0.3, -0.25) is 4.79 Å². The predicted molar refractivity (Wildman–Crippen MR) is 73.4 cm³/mol. The second kappa shape index (κ2) is 5.79. The SMILES string of the molecule is O=C(Nc1ccc(-n2cncn2)nc1)C1CCCCN1. The number of hydrogen-bond acceptors (Lipinski definition) is 5. The lowest BCUT2D eigenvalue weighted by atomic mass is 10.0. The molecule has 7 heteroatoms. The highest BCUT2D eigenvalue weighted by Gasteiger charge is 2.20. The highest BCUT2D eigenvalue weighted by atomic mass is 16.2. The molecule has 2 N–H and O–H groups in total. The van der Waals surface area contributed by atoms with E-state index in [1.165, 1.54) is 6.33 Å². The van der Waals surface area contributed by atoms with Gasteiger partial charge in [0, 0.05) is 0 Å². The summed E-state index contributed by atoms with van der Waals surface area (Å²) in [5.41, 5.74) is 0.686. The average molecular weight is 272 g/mol. The first-order valence-corrected chi connectivity index (χ1v) is 6.68. The zero-order valence-corrected chi connectivity index (χ0v) is 11.0. The summed E-state index contributed by atoms with van der Waals surface area (Å²) in [6.45, 7) is 0.904. The maximum atomic E-state index is 12.1. The molecule has 0 bridgehead atoms. The van der Waals surface area contributed by atoms with E-state index in [1.807, 2.05) is 6.07 Å². The van der Waals surface area contributed by atoms with Crippen molar-refractivity contribution in [2.75, 3.05) is 11.9 Å². The van der Waals surface area contributed by atoms with Gasteiger partial charge >= 0.3 is 0 Å². The highest BCUT2D eigenvalue weighted by Crippen LogP contribution is 2.12.